The normalized spacial score (nSPS) is 12.2. The van der Waals surface area contributed by atoms with Crippen molar-refractivity contribution >= 4 is 44.9 Å². The van der Waals surface area contributed by atoms with E-state index in [-0.39, 0.29) is 17.2 Å². The van der Waals surface area contributed by atoms with E-state index in [1.165, 1.54) is 25.1 Å². The molecule has 9 heteroatoms. The molecule has 2 aromatic carbocycles. The van der Waals surface area contributed by atoms with Crippen LogP contribution in [0.2, 0.25) is 5.02 Å². The Labute approximate surface area is 175 Å². The molecule has 29 heavy (non-hydrogen) atoms. The molecule has 0 fully saturated rings. The maximum atomic E-state index is 12.7. The highest BCUT2D eigenvalue weighted by atomic mass is 35.5. The number of hydrogen-bond acceptors (Lipinski definition) is 5. The minimum atomic E-state index is -3.72. The SMILES string of the molecule is CCOC(=O)c1ccc(NC(=O)C(C)N(c2cccc(C)c2)S(C)(=O)=O)cc1Cl. The highest BCUT2D eigenvalue weighted by molar-refractivity contribution is 7.92. The van der Waals surface area contributed by atoms with Crippen molar-refractivity contribution in [2.45, 2.75) is 26.8 Å². The molecular weight excluding hydrogens is 416 g/mol. The fraction of sp³-hybridized carbons (Fsp3) is 0.300. The Kier molecular flexibility index (Phi) is 7.26. The second-order valence-electron chi connectivity index (χ2n) is 6.48. The topological polar surface area (TPSA) is 92.8 Å². The van der Waals surface area contributed by atoms with Crippen LogP contribution in [-0.2, 0) is 19.6 Å². The van der Waals surface area contributed by atoms with Gasteiger partial charge < -0.3 is 10.1 Å². The lowest BCUT2D eigenvalue weighted by molar-refractivity contribution is -0.116. The second-order valence-corrected chi connectivity index (χ2v) is 8.74. The molecule has 0 saturated heterocycles. The smallest absolute Gasteiger partial charge is 0.339 e. The average molecular weight is 439 g/mol. The predicted molar refractivity (Wildman–Crippen MR) is 114 cm³/mol. The molecule has 0 saturated carbocycles. The lowest BCUT2D eigenvalue weighted by atomic mass is 10.2. The Morgan fingerprint density at radius 2 is 1.90 bits per heavy atom. The van der Waals surface area contributed by atoms with Crippen molar-refractivity contribution in [2.75, 3.05) is 22.5 Å². The number of carbonyl (C=O) groups excluding carboxylic acids is 2. The number of anilines is 2. The van der Waals surface area contributed by atoms with Crippen LogP contribution in [0.4, 0.5) is 11.4 Å². The van der Waals surface area contributed by atoms with Crippen LogP contribution in [0.3, 0.4) is 0 Å². The van der Waals surface area contributed by atoms with Crippen molar-refractivity contribution in [2.24, 2.45) is 0 Å². The molecule has 1 amide bonds. The summed E-state index contributed by atoms with van der Waals surface area (Å²) in [5.41, 5.74) is 1.77. The molecular formula is C20H23ClN2O5S. The number of nitrogens with one attached hydrogen (secondary N) is 1. The molecule has 0 heterocycles. The molecule has 0 aliphatic heterocycles. The van der Waals surface area contributed by atoms with Crippen molar-refractivity contribution in [1.29, 1.82) is 0 Å². The maximum absolute atomic E-state index is 12.7. The van der Waals surface area contributed by atoms with E-state index < -0.39 is 27.9 Å². The highest BCUT2D eigenvalue weighted by Crippen LogP contribution is 2.25. The van der Waals surface area contributed by atoms with Crippen molar-refractivity contribution in [3.8, 4) is 0 Å². The van der Waals surface area contributed by atoms with Crippen molar-refractivity contribution < 1.29 is 22.7 Å². The largest absolute Gasteiger partial charge is 0.462 e. The van der Waals surface area contributed by atoms with Crippen LogP contribution < -0.4 is 9.62 Å². The first kappa shape index (κ1) is 22.7. The molecule has 0 aromatic heterocycles. The Balaban J connectivity index is 2.26. The summed E-state index contributed by atoms with van der Waals surface area (Å²) in [6.45, 7) is 5.23. The van der Waals surface area contributed by atoms with Crippen LogP contribution in [0.1, 0.15) is 29.8 Å². The number of nitrogens with zero attached hydrogens (tertiary/aromatic N) is 1. The number of hydrogen-bond donors (Lipinski definition) is 1. The van der Waals surface area contributed by atoms with Crippen molar-refractivity contribution in [3.63, 3.8) is 0 Å². The molecule has 7 nitrogen and oxygen atoms in total. The van der Waals surface area contributed by atoms with Gasteiger partial charge in [-0.2, -0.15) is 0 Å². The number of sulfonamides is 1. The summed E-state index contributed by atoms with van der Waals surface area (Å²) in [5, 5.41) is 2.75. The van der Waals surface area contributed by atoms with E-state index in [4.69, 9.17) is 16.3 Å². The van der Waals surface area contributed by atoms with E-state index in [9.17, 15) is 18.0 Å². The van der Waals surface area contributed by atoms with E-state index >= 15 is 0 Å². The first-order chi connectivity index (χ1) is 13.5. The van der Waals surface area contributed by atoms with Gasteiger partial charge in [-0.25, -0.2) is 13.2 Å². The van der Waals surface area contributed by atoms with Crippen LogP contribution >= 0.6 is 11.6 Å². The Morgan fingerprint density at radius 1 is 1.21 bits per heavy atom. The molecule has 2 rings (SSSR count). The number of aryl methyl sites for hydroxylation is 1. The minimum absolute atomic E-state index is 0.118. The summed E-state index contributed by atoms with van der Waals surface area (Å²) in [7, 11) is -3.72. The van der Waals surface area contributed by atoms with E-state index in [2.05, 4.69) is 5.32 Å². The van der Waals surface area contributed by atoms with Gasteiger partial charge in [0.05, 0.1) is 29.1 Å². The molecule has 1 N–H and O–H groups in total. The third-order valence-corrected chi connectivity index (χ3v) is 5.63. The minimum Gasteiger partial charge on any atom is -0.462 e. The molecule has 0 bridgehead atoms. The number of rotatable bonds is 7. The fourth-order valence-electron chi connectivity index (χ4n) is 2.79. The van der Waals surface area contributed by atoms with Gasteiger partial charge in [0.25, 0.3) is 0 Å². The summed E-state index contributed by atoms with van der Waals surface area (Å²) in [5.74, 6) is -1.11. The summed E-state index contributed by atoms with van der Waals surface area (Å²) in [4.78, 5) is 24.6. The van der Waals surface area contributed by atoms with Gasteiger partial charge in [-0.1, -0.05) is 23.7 Å². The van der Waals surface area contributed by atoms with Gasteiger partial charge in [-0.05, 0) is 56.7 Å². The zero-order chi connectivity index (χ0) is 21.8. The van der Waals surface area contributed by atoms with E-state index in [1.54, 1.807) is 25.1 Å². The molecule has 1 unspecified atom stereocenters. The zero-order valence-corrected chi connectivity index (χ0v) is 18.2. The van der Waals surface area contributed by atoms with Crippen LogP contribution in [0.15, 0.2) is 42.5 Å². The molecule has 0 aliphatic carbocycles. The Morgan fingerprint density at radius 3 is 2.45 bits per heavy atom. The predicted octanol–water partition coefficient (Wildman–Crippen LogP) is 3.62. The van der Waals surface area contributed by atoms with Crippen LogP contribution in [-0.4, -0.2) is 39.2 Å². The lowest BCUT2D eigenvalue weighted by Crippen LogP contribution is -2.45. The van der Waals surface area contributed by atoms with Gasteiger partial charge in [0.15, 0.2) is 0 Å². The molecule has 156 valence electrons. The molecule has 1 atom stereocenters. The van der Waals surface area contributed by atoms with E-state index in [0.29, 0.717) is 11.4 Å². The summed E-state index contributed by atoms with van der Waals surface area (Å²) in [6, 6.07) is 10.2. The molecule has 0 spiro atoms. The first-order valence-corrected chi connectivity index (χ1v) is 11.1. The van der Waals surface area contributed by atoms with E-state index in [1.807, 2.05) is 13.0 Å². The number of ether oxygens (including phenoxy) is 1. The van der Waals surface area contributed by atoms with Crippen LogP contribution in [0, 0.1) is 6.92 Å². The average Bonchev–Trinajstić information content (AvgIpc) is 2.60. The number of esters is 1. The lowest BCUT2D eigenvalue weighted by Gasteiger charge is -2.28. The van der Waals surface area contributed by atoms with E-state index in [0.717, 1.165) is 16.1 Å². The highest BCUT2D eigenvalue weighted by Gasteiger charge is 2.29. The number of carbonyl (C=O) groups is 2. The number of halogens is 1. The van der Waals surface area contributed by atoms with Crippen molar-refractivity contribution in [1.82, 2.24) is 0 Å². The number of benzene rings is 2. The first-order valence-electron chi connectivity index (χ1n) is 8.88. The quantitative estimate of drug-likeness (QED) is 0.666. The Hall–Kier alpha value is -2.58. The summed E-state index contributed by atoms with van der Waals surface area (Å²) >= 11 is 6.11. The van der Waals surface area contributed by atoms with Gasteiger partial charge in [0.1, 0.15) is 6.04 Å². The van der Waals surface area contributed by atoms with Crippen LogP contribution in [0.25, 0.3) is 0 Å². The van der Waals surface area contributed by atoms with Gasteiger partial charge >= 0.3 is 5.97 Å². The second kappa shape index (κ2) is 9.28. The third kappa shape index (κ3) is 5.71. The third-order valence-electron chi connectivity index (χ3n) is 4.08. The monoisotopic (exact) mass is 438 g/mol. The molecule has 0 aliphatic rings. The van der Waals surface area contributed by atoms with Gasteiger partial charge in [0, 0.05) is 5.69 Å². The number of amides is 1. The maximum Gasteiger partial charge on any atom is 0.339 e. The summed E-state index contributed by atoms with van der Waals surface area (Å²) in [6.07, 6.45) is 1.05. The Bertz CT molecular complexity index is 1020. The van der Waals surface area contributed by atoms with Gasteiger partial charge in [-0.3, -0.25) is 9.10 Å². The van der Waals surface area contributed by atoms with Gasteiger partial charge in [-0.15, -0.1) is 0 Å². The van der Waals surface area contributed by atoms with Crippen LogP contribution in [0.5, 0.6) is 0 Å². The summed E-state index contributed by atoms with van der Waals surface area (Å²) < 4.78 is 30.7. The molecule has 0 radical (unpaired) electrons. The fourth-order valence-corrected chi connectivity index (χ4v) is 4.21. The zero-order valence-electron chi connectivity index (χ0n) is 16.6. The molecule has 2 aromatic rings. The van der Waals surface area contributed by atoms with Gasteiger partial charge in [0.2, 0.25) is 15.9 Å². The van der Waals surface area contributed by atoms with Crippen molar-refractivity contribution in [3.05, 3.63) is 58.6 Å². The standard InChI is InChI=1S/C20H23ClN2O5S/c1-5-28-20(25)17-10-9-15(12-18(17)21)22-19(24)14(3)23(29(4,26)27)16-8-6-7-13(2)11-16/h6-12,14H,5H2,1-4H3,(H,22,24).